The average Bonchev–Trinajstić information content (AvgIpc) is 2.41. The number of benzene rings is 2. The Morgan fingerprint density at radius 2 is 1.71 bits per heavy atom. The number of hydrogen-bond donors (Lipinski definition) is 0. The topological polar surface area (TPSA) is 9.23 Å². The van der Waals surface area contributed by atoms with Gasteiger partial charge in [0, 0.05) is 10.4 Å². The molecule has 0 radical (unpaired) electrons. The van der Waals surface area contributed by atoms with Crippen LogP contribution in [0.2, 0.25) is 5.02 Å². The summed E-state index contributed by atoms with van der Waals surface area (Å²) >= 11 is 12.1. The summed E-state index contributed by atoms with van der Waals surface area (Å²) in [5.74, 6) is 0.00622. The molecule has 2 aromatic carbocycles. The van der Waals surface area contributed by atoms with Crippen molar-refractivity contribution < 1.29 is 17.9 Å². The summed E-state index contributed by atoms with van der Waals surface area (Å²) in [4.78, 5) is 0. The predicted molar refractivity (Wildman–Crippen MR) is 83.3 cm³/mol. The predicted octanol–water partition coefficient (Wildman–Crippen LogP) is 6.81. The molecule has 0 saturated carbocycles. The van der Waals surface area contributed by atoms with Gasteiger partial charge >= 0.3 is 6.18 Å². The number of alkyl halides is 4. The van der Waals surface area contributed by atoms with E-state index in [-0.39, 0.29) is 11.5 Å². The molecule has 2 rings (SSSR count). The van der Waals surface area contributed by atoms with Gasteiger partial charge in [0.1, 0.15) is 11.5 Å². The molecule has 7 heteroatoms. The second-order valence-corrected chi connectivity index (χ2v) is 5.99. The largest absolute Gasteiger partial charge is 0.456 e. The van der Waals surface area contributed by atoms with E-state index < -0.39 is 11.7 Å². The van der Waals surface area contributed by atoms with Gasteiger partial charge in [0.25, 0.3) is 0 Å². The van der Waals surface area contributed by atoms with Crippen LogP contribution in [0.4, 0.5) is 13.2 Å². The van der Waals surface area contributed by atoms with Crippen LogP contribution in [0.1, 0.15) is 11.1 Å². The van der Waals surface area contributed by atoms with Crippen molar-refractivity contribution >= 4 is 43.5 Å². The first-order valence-corrected chi connectivity index (χ1v) is 7.99. The van der Waals surface area contributed by atoms with Crippen molar-refractivity contribution in [2.45, 2.75) is 11.5 Å². The first kappa shape index (κ1) is 16.6. The second kappa shape index (κ2) is 6.58. The zero-order valence-corrected chi connectivity index (χ0v) is 14.3. The molecule has 0 spiro atoms. The molecule has 0 saturated heterocycles. The molecule has 0 heterocycles. The quantitative estimate of drug-likeness (QED) is 0.473. The van der Waals surface area contributed by atoms with E-state index in [0.717, 1.165) is 6.07 Å². The number of halogens is 6. The van der Waals surface area contributed by atoms with Crippen molar-refractivity contribution in [3.8, 4) is 11.5 Å². The van der Waals surface area contributed by atoms with Crippen LogP contribution >= 0.6 is 43.5 Å². The molecular weight excluding hydrogens is 436 g/mol. The highest BCUT2D eigenvalue weighted by Gasteiger charge is 2.35. The lowest BCUT2D eigenvalue weighted by atomic mass is 10.1. The number of ether oxygens (including phenoxy) is 1. The van der Waals surface area contributed by atoms with Crippen LogP contribution in [0, 0.1) is 0 Å². The third kappa shape index (κ3) is 4.14. The zero-order valence-electron chi connectivity index (χ0n) is 10.3. The lowest BCUT2D eigenvalue weighted by molar-refractivity contribution is -0.138. The summed E-state index contributed by atoms with van der Waals surface area (Å²) in [6.07, 6.45) is -4.49. The van der Waals surface area contributed by atoms with Crippen molar-refractivity contribution in [3.05, 3.63) is 57.0 Å². The van der Waals surface area contributed by atoms with Gasteiger partial charge in [0.15, 0.2) is 0 Å². The molecule has 0 aliphatic rings. The maximum atomic E-state index is 13.1. The van der Waals surface area contributed by atoms with Crippen LogP contribution in [-0.2, 0) is 11.5 Å². The van der Waals surface area contributed by atoms with E-state index in [4.69, 9.17) is 16.3 Å². The van der Waals surface area contributed by atoms with Crippen LogP contribution in [0.15, 0.2) is 40.9 Å². The number of hydrogen-bond acceptors (Lipinski definition) is 1. The van der Waals surface area contributed by atoms with Crippen LogP contribution in [0.3, 0.4) is 0 Å². The normalized spacial score (nSPS) is 11.5. The van der Waals surface area contributed by atoms with Crippen LogP contribution in [0.25, 0.3) is 0 Å². The Morgan fingerprint density at radius 3 is 2.29 bits per heavy atom. The summed E-state index contributed by atoms with van der Waals surface area (Å²) < 4.78 is 45.2. The van der Waals surface area contributed by atoms with E-state index in [9.17, 15) is 13.2 Å². The van der Waals surface area contributed by atoms with Crippen LogP contribution < -0.4 is 4.74 Å². The second-order valence-electron chi connectivity index (χ2n) is 4.14. The van der Waals surface area contributed by atoms with Gasteiger partial charge in [-0.05, 0) is 51.8 Å². The minimum absolute atomic E-state index is 0.254. The first-order valence-electron chi connectivity index (χ1n) is 5.70. The highest BCUT2D eigenvalue weighted by Crippen LogP contribution is 2.40. The third-order valence-corrected chi connectivity index (χ3v) is 4.12. The fourth-order valence-electron chi connectivity index (χ4n) is 1.65. The molecule has 0 atom stereocenters. The molecule has 2 aromatic rings. The van der Waals surface area contributed by atoms with Gasteiger partial charge in [-0.1, -0.05) is 33.6 Å². The molecule has 0 aromatic heterocycles. The Balaban J connectivity index is 2.44. The Morgan fingerprint density at radius 1 is 1.05 bits per heavy atom. The van der Waals surface area contributed by atoms with Crippen LogP contribution in [0.5, 0.6) is 11.5 Å². The van der Waals surface area contributed by atoms with Crippen molar-refractivity contribution in [2.75, 3.05) is 0 Å². The van der Waals surface area contributed by atoms with E-state index in [1.54, 1.807) is 18.2 Å². The lowest BCUT2D eigenvalue weighted by Gasteiger charge is -2.15. The van der Waals surface area contributed by atoms with E-state index in [2.05, 4.69) is 31.9 Å². The van der Waals surface area contributed by atoms with Crippen molar-refractivity contribution in [3.63, 3.8) is 0 Å². The Kier molecular flexibility index (Phi) is 5.22. The standard InChI is InChI=1S/C14H8Br2ClF3O/c15-7-8-1-3-12(10(5-8)14(18,19)20)21-13-4-2-9(17)6-11(13)16/h1-6H,7H2. The molecular formula is C14H8Br2ClF3O. The highest BCUT2D eigenvalue weighted by atomic mass is 79.9. The third-order valence-electron chi connectivity index (χ3n) is 2.62. The van der Waals surface area contributed by atoms with E-state index in [0.29, 0.717) is 20.4 Å². The lowest BCUT2D eigenvalue weighted by Crippen LogP contribution is -2.08. The van der Waals surface area contributed by atoms with E-state index in [1.165, 1.54) is 12.1 Å². The smallest absolute Gasteiger partial charge is 0.419 e. The van der Waals surface area contributed by atoms with Gasteiger partial charge in [0.05, 0.1) is 10.0 Å². The van der Waals surface area contributed by atoms with E-state index in [1.807, 2.05) is 0 Å². The first-order chi connectivity index (χ1) is 9.81. The summed E-state index contributed by atoms with van der Waals surface area (Å²) in [6, 6.07) is 8.54. The summed E-state index contributed by atoms with van der Waals surface area (Å²) in [7, 11) is 0. The fraction of sp³-hybridized carbons (Fsp3) is 0.143. The molecule has 1 nitrogen and oxygen atoms in total. The minimum Gasteiger partial charge on any atom is -0.456 e. The zero-order chi connectivity index (χ0) is 15.6. The van der Waals surface area contributed by atoms with Gasteiger partial charge in [-0.25, -0.2) is 0 Å². The minimum atomic E-state index is -4.49. The number of rotatable bonds is 3. The molecule has 112 valence electrons. The Labute approximate surface area is 141 Å². The van der Waals surface area contributed by atoms with Crippen LogP contribution in [-0.4, -0.2) is 0 Å². The van der Waals surface area contributed by atoms with Crippen molar-refractivity contribution in [1.29, 1.82) is 0 Å². The van der Waals surface area contributed by atoms with Gasteiger partial charge < -0.3 is 4.74 Å². The molecule has 0 N–H and O–H groups in total. The van der Waals surface area contributed by atoms with Gasteiger partial charge in [-0.15, -0.1) is 0 Å². The molecule has 21 heavy (non-hydrogen) atoms. The summed E-state index contributed by atoms with van der Waals surface area (Å²) in [5, 5.41) is 0.793. The SMILES string of the molecule is FC(F)(F)c1cc(CBr)ccc1Oc1ccc(Cl)cc1Br. The van der Waals surface area contributed by atoms with Crippen molar-refractivity contribution in [2.24, 2.45) is 0 Å². The molecule has 0 amide bonds. The summed E-state index contributed by atoms with van der Waals surface area (Å²) in [6.45, 7) is 0. The average molecular weight is 444 g/mol. The molecule has 0 fully saturated rings. The molecule has 0 unspecified atom stereocenters. The maximum Gasteiger partial charge on any atom is 0.419 e. The molecule has 0 bridgehead atoms. The summed E-state index contributed by atoms with van der Waals surface area (Å²) in [5.41, 5.74) is -0.300. The van der Waals surface area contributed by atoms with Gasteiger partial charge in [0.2, 0.25) is 0 Å². The molecule has 0 aliphatic heterocycles. The van der Waals surface area contributed by atoms with Gasteiger partial charge in [-0.3, -0.25) is 0 Å². The van der Waals surface area contributed by atoms with Crippen molar-refractivity contribution in [1.82, 2.24) is 0 Å². The fourth-order valence-corrected chi connectivity index (χ4v) is 2.76. The molecule has 0 aliphatic carbocycles. The monoisotopic (exact) mass is 442 g/mol. The van der Waals surface area contributed by atoms with E-state index >= 15 is 0 Å². The highest BCUT2D eigenvalue weighted by molar-refractivity contribution is 9.10. The maximum absolute atomic E-state index is 13.1. The van der Waals surface area contributed by atoms with Gasteiger partial charge in [-0.2, -0.15) is 13.2 Å². The Hall–Kier alpha value is -0.720. The Bertz CT molecular complexity index is 659.